The van der Waals surface area contributed by atoms with E-state index in [9.17, 15) is 14.4 Å². The third-order valence-electron chi connectivity index (χ3n) is 6.59. The van der Waals surface area contributed by atoms with Gasteiger partial charge in [-0.2, -0.15) is 0 Å². The number of morpholine rings is 1. The van der Waals surface area contributed by atoms with E-state index < -0.39 is 35.4 Å². The number of anilines is 1. The van der Waals surface area contributed by atoms with Crippen LogP contribution in [0.3, 0.4) is 0 Å². The summed E-state index contributed by atoms with van der Waals surface area (Å²) in [5.41, 5.74) is 2.41. The summed E-state index contributed by atoms with van der Waals surface area (Å²) >= 11 is 0. The van der Waals surface area contributed by atoms with Gasteiger partial charge < -0.3 is 9.64 Å². The number of aryl methyl sites for hydroxylation is 1. The molecule has 4 heterocycles. The van der Waals surface area contributed by atoms with E-state index in [0.717, 1.165) is 28.1 Å². The van der Waals surface area contributed by atoms with Crippen LogP contribution in [0.5, 0.6) is 0 Å². The van der Waals surface area contributed by atoms with Crippen LogP contribution < -0.4 is 15.5 Å². The van der Waals surface area contributed by atoms with Gasteiger partial charge in [-0.05, 0) is 43.5 Å². The van der Waals surface area contributed by atoms with Gasteiger partial charge in [-0.15, -0.1) is 0 Å². The van der Waals surface area contributed by atoms with Crippen LogP contribution >= 0.6 is 0 Å². The van der Waals surface area contributed by atoms with Crippen molar-refractivity contribution in [2.75, 3.05) is 11.4 Å². The normalized spacial score (nSPS) is 26.7. The molecule has 3 aliphatic heterocycles. The number of aromatic nitrogens is 1. The van der Waals surface area contributed by atoms with Gasteiger partial charge in [0.2, 0.25) is 11.8 Å². The molecule has 3 aliphatic rings. The molecule has 1 aromatic heterocycles. The Kier molecular flexibility index (Phi) is 4.37. The number of carbonyl (C=O) groups excluding carboxylic acids is 3. The highest BCUT2D eigenvalue weighted by molar-refractivity contribution is 6.20. The van der Waals surface area contributed by atoms with E-state index in [1.165, 1.54) is 0 Å². The standard InChI is InChI=1S/C23H24N4O4/c1-12-6-4-5-7-17(12)16-8-15-9-23(20(28)25-22(30)26-21(23)29)18-14(3)31-13(2)11-27(18)19(15)24-10-16/h4-8,10,13-14,18H,9,11H2,1-3H3,(H2,25,26,28,29,30)/t13-,14+,18-/m1/s1. The molecule has 1 spiro atoms. The number of pyridine rings is 1. The molecule has 8 heteroatoms. The van der Waals surface area contributed by atoms with Crippen molar-refractivity contribution in [2.24, 2.45) is 5.41 Å². The van der Waals surface area contributed by atoms with Crippen molar-refractivity contribution < 1.29 is 19.1 Å². The molecular weight excluding hydrogens is 396 g/mol. The predicted molar refractivity (Wildman–Crippen MR) is 113 cm³/mol. The molecule has 160 valence electrons. The first-order valence-corrected chi connectivity index (χ1v) is 10.4. The summed E-state index contributed by atoms with van der Waals surface area (Å²) in [7, 11) is 0. The minimum Gasteiger partial charge on any atom is -0.372 e. The maximum Gasteiger partial charge on any atom is 0.328 e. The fraction of sp³-hybridized carbons (Fsp3) is 0.391. The van der Waals surface area contributed by atoms with E-state index in [2.05, 4.69) is 10.6 Å². The lowest BCUT2D eigenvalue weighted by atomic mass is 9.67. The average molecular weight is 420 g/mol. The molecule has 2 fully saturated rings. The fourth-order valence-electron chi connectivity index (χ4n) is 5.35. The van der Waals surface area contributed by atoms with Gasteiger partial charge in [-0.1, -0.05) is 24.3 Å². The number of amides is 4. The maximum atomic E-state index is 13.2. The molecular formula is C23H24N4O4. The second-order valence-corrected chi connectivity index (χ2v) is 8.66. The van der Waals surface area contributed by atoms with E-state index in [-0.39, 0.29) is 12.5 Å². The Morgan fingerprint density at radius 2 is 1.84 bits per heavy atom. The topological polar surface area (TPSA) is 101 Å². The highest BCUT2D eigenvalue weighted by Gasteiger charge is 2.63. The Bertz CT molecular complexity index is 1090. The quantitative estimate of drug-likeness (QED) is 0.684. The molecule has 31 heavy (non-hydrogen) atoms. The molecule has 1 aromatic carbocycles. The maximum absolute atomic E-state index is 13.2. The molecule has 0 saturated carbocycles. The fourth-order valence-corrected chi connectivity index (χ4v) is 5.35. The first-order valence-electron chi connectivity index (χ1n) is 10.4. The lowest BCUT2D eigenvalue weighted by molar-refractivity contribution is -0.153. The molecule has 2 saturated heterocycles. The molecule has 0 radical (unpaired) electrons. The largest absolute Gasteiger partial charge is 0.372 e. The zero-order chi connectivity index (χ0) is 21.9. The zero-order valence-corrected chi connectivity index (χ0v) is 17.6. The molecule has 4 amide bonds. The number of nitrogens with zero attached hydrogens (tertiary/aromatic N) is 2. The Balaban J connectivity index is 1.69. The van der Waals surface area contributed by atoms with Crippen molar-refractivity contribution in [2.45, 2.75) is 45.4 Å². The highest BCUT2D eigenvalue weighted by atomic mass is 16.5. The Hall–Kier alpha value is -3.26. The van der Waals surface area contributed by atoms with Gasteiger partial charge in [-0.3, -0.25) is 20.2 Å². The number of hydrogen-bond acceptors (Lipinski definition) is 6. The van der Waals surface area contributed by atoms with Crippen LogP contribution in [-0.4, -0.2) is 47.6 Å². The summed E-state index contributed by atoms with van der Waals surface area (Å²) < 4.78 is 6.02. The summed E-state index contributed by atoms with van der Waals surface area (Å²) in [6.07, 6.45) is 1.48. The molecule has 0 unspecified atom stereocenters. The van der Waals surface area contributed by atoms with Gasteiger partial charge in [0.15, 0.2) is 5.41 Å². The van der Waals surface area contributed by atoms with Crippen molar-refractivity contribution >= 4 is 23.7 Å². The van der Waals surface area contributed by atoms with Gasteiger partial charge in [-0.25, -0.2) is 9.78 Å². The van der Waals surface area contributed by atoms with Crippen LogP contribution in [-0.2, 0) is 20.7 Å². The smallest absolute Gasteiger partial charge is 0.328 e. The van der Waals surface area contributed by atoms with E-state index in [4.69, 9.17) is 9.72 Å². The molecule has 2 N–H and O–H groups in total. The molecule has 3 atom stereocenters. The van der Waals surface area contributed by atoms with Crippen LogP contribution in [0.25, 0.3) is 11.1 Å². The van der Waals surface area contributed by atoms with Crippen LogP contribution in [0.15, 0.2) is 36.5 Å². The summed E-state index contributed by atoms with van der Waals surface area (Å²) in [5, 5.41) is 4.62. The molecule has 5 rings (SSSR count). The van der Waals surface area contributed by atoms with Gasteiger partial charge in [0.1, 0.15) is 5.82 Å². The zero-order valence-electron chi connectivity index (χ0n) is 17.6. The van der Waals surface area contributed by atoms with E-state index in [1.54, 1.807) is 0 Å². The first-order chi connectivity index (χ1) is 14.8. The molecule has 0 bridgehead atoms. The number of urea groups is 1. The Morgan fingerprint density at radius 1 is 1.13 bits per heavy atom. The van der Waals surface area contributed by atoms with Crippen LogP contribution in [0.2, 0.25) is 0 Å². The highest BCUT2D eigenvalue weighted by Crippen LogP contribution is 2.46. The number of hydrogen-bond donors (Lipinski definition) is 2. The predicted octanol–water partition coefficient (Wildman–Crippen LogP) is 1.95. The number of nitrogens with one attached hydrogen (secondary N) is 2. The van der Waals surface area contributed by atoms with Crippen LogP contribution in [0.1, 0.15) is 25.0 Å². The van der Waals surface area contributed by atoms with E-state index >= 15 is 0 Å². The van der Waals surface area contributed by atoms with Crippen molar-refractivity contribution in [3.8, 4) is 11.1 Å². The van der Waals surface area contributed by atoms with Gasteiger partial charge in [0.25, 0.3) is 0 Å². The number of fused-ring (bicyclic) bond motifs is 4. The van der Waals surface area contributed by atoms with E-state index in [1.807, 2.05) is 62.2 Å². The monoisotopic (exact) mass is 420 g/mol. The third-order valence-corrected chi connectivity index (χ3v) is 6.59. The lowest BCUT2D eigenvalue weighted by Crippen LogP contribution is -2.75. The first kappa shape index (κ1) is 19.7. The number of barbiturate groups is 1. The minimum absolute atomic E-state index is 0.0940. The summed E-state index contributed by atoms with van der Waals surface area (Å²) in [6.45, 7) is 6.35. The van der Waals surface area contributed by atoms with Crippen molar-refractivity contribution in [1.29, 1.82) is 0 Å². The third kappa shape index (κ3) is 2.85. The number of rotatable bonds is 1. The average Bonchev–Trinajstić information content (AvgIpc) is 2.71. The number of benzene rings is 1. The van der Waals surface area contributed by atoms with Gasteiger partial charge in [0, 0.05) is 24.7 Å². The van der Waals surface area contributed by atoms with Crippen molar-refractivity contribution in [3.63, 3.8) is 0 Å². The lowest BCUT2D eigenvalue weighted by Gasteiger charge is -2.54. The minimum atomic E-state index is -1.48. The van der Waals surface area contributed by atoms with Gasteiger partial charge >= 0.3 is 6.03 Å². The Morgan fingerprint density at radius 3 is 2.55 bits per heavy atom. The SMILES string of the molecule is Cc1ccccc1-c1cnc2c(c1)CC1(C(=O)NC(=O)NC1=O)[C@H]1[C@H](C)O[C@H](C)CN21. The number of imide groups is 2. The summed E-state index contributed by atoms with van der Waals surface area (Å²) in [6, 6.07) is 8.66. The second kappa shape index (κ2) is 6.88. The second-order valence-electron chi connectivity index (χ2n) is 8.66. The van der Waals surface area contributed by atoms with Crippen molar-refractivity contribution in [1.82, 2.24) is 15.6 Å². The number of ether oxygens (including phenoxy) is 1. The Labute approximate surface area is 180 Å². The van der Waals surface area contributed by atoms with Crippen molar-refractivity contribution in [3.05, 3.63) is 47.7 Å². The van der Waals surface area contributed by atoms with Crippen LogP contribution in [0, 0.1) is 12.3 Å². The van der Waals surface area contributed by atoms with Crippen LogP contribution in [0.4, 0.5) is 10.6 Å². The molecule has 0 aliphatic carbocycles. The number of carbonyl (C=O) groups is 3. The summed E-state index contributed by atoms with van der Waals surface area (Å²) in [5.74, 6) is -0.422. The van der Waals surface area contributed by atoms with Gasteiger partial charge in [0.05, 0.1) is 18.2 Å². The molecule has 2 aromatic rings. The van der Waals surface area contributed by atoms with E-state index in [0.29, 0.717) is 6.54 Å². The molecule has 8 nitrogen and oxygen atoms in total. The summed E-state index contributed by atoms with van der Waals surface area (Å²) in [4.78, 5) is 45.0.